The van der Waals surface area contributed by atoms with E-state index >= 15 is 0 Å². The van der Waals surface area contributed by atoms with Gasteiger partial charge in [-0.05, 0) is 37.1 Å². The number of allylic oxidation sites excluding steroid dienone is 1. The van der Waals surface area contributed by atoms with Gasteiger partial charge in [0.2, 0.25) is 0 Å². The number of rotatable bonds is 3. The molecule has 2 aromatic rings. The van der Waals surface area contributed by atoms with Crippen LogP contribution in [0.4, 0.5) is 11.5 Å². The molecule has 1 aliphatic carbocycles. The van der Waals surface area contributed by atoms with Gasteiger partial charge in [0.25, 0.3) is 0 Å². The number of nitrogen functional groups attached to an aromatic ring is 1. The van der Waals surface area contributed by atoms with Crippen molar-refractivity contribution >= 4 is 22.3 Å². The van der Waals surface area contributed by atoms with Crippen LogP contribution in [-0.4, -0.2) is 18.1 Å². The van der Waals surface area contributed by atoms with E-state index in [2.05, 4.69) is 28.5 Å². The Morgan fingerprint density at radius 3 is 2.86 bits per heavy atom. The minimum atomic E-state index is 0.213. The maximum atomic E-state index is 6.16. The summed E-state index contributed by atoms with van der Waals surface area (Å²) >= 11 is 0. The Hall–Kier alpha value is -2.49. The second-order valence-electron chi connectivity index (χ2n) is 5.21. The Morgan fingerprint density at radius 1 is 1.29 bits per heavy atom. The molecule has 1 aliphatic rings. The van der Waals surface area contributed by atoms with Crippen LogP contribution < -0.4 is 11.1 Å². The number of benzene rings is 1. The van der Waals surface area contributed by atoms with Crippen LogP contribution in [-0.2, 0) is 4.74 Å². The van der Waals surface area contributed by atoms with Crippen molar-refractivity contribution in [3.05, 3.63) is 53.9 Å². The van der Waals surface area contributed by atoms with E-state index in [0.29, 0.717) is 0 Å². The van der Waals surface area contributed by atoms with Crippen LogP contribution in [0.3, 0.4) is 0 Å². The molecule has 1 heterocycles. The summed E-state index contributed by atoms with van der Waals surface area (Å²) in [6.45, 7) is 2.02. The lowest BCUT2D eigenvalue weighted by Crippen LogP contribution is -2.19. The molecule has 0 saturated heterocycles. The van der Waals surface area contributed by atoms with Crippen molar-refractivity contribution in [1.29, 1.82) is 0 Å². The third-order valence-electron chi connectivity index (χ3n) is 3.83. The van der Waals surface area contributed by atoms with Gasteiger partial charge in [-0.25, -0.2) is 4.98 Å². The van der Waals surface area contributed by atoms with Crippen LogP contribution in [0.2, 0.25) is 0 Å². The zero-order chi connectivity index (χ0) is 14.8. The van der Waals surface area contributed by atoms with E-state index in [-0.39, 0.29) is 6.04 Å². The number of fused-ring (bicyclic) bond motifs is 1. The fraction of sp³-hybridized carbons (Fsp3) is 0.235. The molecule has 0 amide bonds. The van der Waals surface area contributed by atoms with Crippen molar-refractivity contribution in [2.24, 2.45) is 0 Å². The van der Waals surface area contributed by atoms with Crippen LogP contribution >= 0.6 is 0 Å². The molecule has 3 rings (SSSR count). The molecule has 0 radical (unpaired) electrons. The van der Waals surface area contributed by atoms with E-state index in [1.54, 1.807) is 13.3 Å². The number of hydrogen-bond donors (Lipinski definition) is 2. The number of methoxy groups -OCH3 is 1. The summed E-state index contributed by atoms with van der Waals surface area (Å²) in [5.41, 5.74) is 8.07. The van der Waals surface area contributed by atoms with Gasteiger partial charge in [-0.3, -0.25) is 0 Å². The average Bonchev–Trinajstić information content (AvgIpc) is 2.52. The average molecular weight is 281 g/mol. The Kier molecular flexibility index (Phi) is 3.52. The second kappa shape index (κ2) is 5.48. The third-order valence-corrected chi connectivity index (χ3v) is 3.83. The normalized spacial score (nSPS) is 17.6. The molecule has 21 heavy (non-hydrogen) atoms. The van der Waals surface area contributed by atoms with E-state index in [0.717, 1.165) is 40.0 Å². The van der Waals surface area contributed by atoms with Crippen LogP contribution in [0.25, 0.3) is 10.8 Å². The maximum Gasteiger partial charge on any atom is 0.134 e. The molecule has 0 bridgehead atoms. The van der Waals surface area contributed by atoms with E-state index in [9.17, 15) is 0 Å². The molecule has 4 nitrogen and oxygen atoms in total. The lowest BCUT2D eigenvalue weighted by atomic mass is 10.0. The number of nitrogens with one attached hydrogen (secondary N) is 1. The zero-order valence-corrected chi connectivity index (χ0v) is 12.3. The Labute approximate surface area is 124 Å². The standard InChI is InChI=1S/C17H19N3O/c1-11-3-8-15-14(16(11)18)9-10-19-17(15)20-12-4-6-13(21-2)7-5-12/h3-4,6-10,12H,5,18H2,1-2H3,(H,19,20). The van der Waals surface area contributed by atoms with Gasteiger partial charge >= 0.3 is 0 Å². The highest BCUT2D eigenvalue weighted by Crippen LogP contribution is 2.29. The van der Waals surface area contributed by atoms with Crippen molar-refractivity contribution in [2.45, 2.75) is 19.4 Å². The van der Waals surface area contributed by atoms with E-state index in [1.807, 2.05) is 25.1 Å². The molecule has 3 N–H and O–H groups in total. The molecule has 0 fully saturated rings. The first-order chi connectivity index (χ1) is 10.2. The number of ether oxygens (including phenoxy) is 1. The monoisotopic (exact) mass is 281 g/mol. The lowest BCUT2D eigenvalue weighted by molar-refractivity contribution is 0.303. The molecular weight excluding hydrogens is 262 g/mol. The zero-order valence-electron chi connectivity index (χ0n) is 12.3. The number of anilines is 2. The Bertz CT molecular complexity index is 734. The first-order valence-corrected chi connectivity index (χ1v) is 7.01. The van der Waals surface area contributed by atoms with E-state index in [4.69, 9.17) is 10.5 Å². The van der Waals surface area contributed by atoms with Gasteiger partial charge in [-0.15, -0.1) is 0 Å². The van der Waals surface area contributed by atoms with Gasteiger partial charge in [-0.1, -0.05) is 18.2 Å². The highest BCUT2D eigenvalue weighted by Gasteiger charge is 2.12. The SMILES string of the molecule is COC1=CCC(Nc2nccc3c(N)c(C)ccc23)C=C1. The van der Waals surface area contributed by atoms with Crippen molar-refractivity contribution in [2.75, 3.05) is 18.2 Å². The van der Waals surface area contributed by atoms with Crippen molar-refractivity contribution in [3.63, 3.8) is 0 Å². The number of pyridine rings is 1. The molecule has 1 atom stereocenters. The number of nitrogens with two attached hydrogens (primary N) is 1. The highest BCUT2D eigenvalue weighted by molar-refractivity contribution is 6.00. The fourth-order valence-corrected chi connectivity index (χ4v) is 2.54. The van der Waals surface area contributed by atoms with Gasteiger partial charge in [0.05, 0.1) is 7.11 Å². The van der Waals surface area contributed by atoms with Gasteiger partial charge in [-0.2, -0.15) is 0 Å². The molecule has 0 saturated carbocycles. The van der Waals surface area contributed by atoms with Gasteiger partial charge in [0, 0.05) is 28.7 Å². The molecular formula is C17H19N3O. The smallest absolute Gasteiger partial charge is 0.134 e. The lowest BCUT2D eigenvalue weighted by Gasteiger charge is -2.19. The van der Waals surface area contributed by atoms with E-state index in [1.165, 1.54) is 0 Å². The largest absolute Gasteiger partial charge is 0.497 e. The number of aromatic nitrogens is 1. The predicted octanol–water partition coefficient (Wildman–Crippen LogP) is 3.40. The van der Waals surface area contributed by atoms with Gasteiger partial charge in [0.1, 0.15) is 11.6 Å². The van der Waals surface area contributed by atoms with Crippen LogP contribution in [0, 0.1) is 6.92 Å². The summed E-state index contributed by atoms with van der Waals surface area (Å²) in [7, 11) is 1.68. The summed E-state index contributed by atoms with van der Waals surface area (Å²) in [6.07, 6.45) is 8.81. The summed E-state index contributed by atoms with van der Waals surface area (Å²) < 4.78 is 5.20. The number of aryl methyl sites for hydroxylation is 1. The first kappa shape index (κ1) is 13.5. The van der Waals surface area contributed by atoms with E-state index < -0.39 is 0 Å². The highest BCUT2D eigenvalue weighted by atomic mass is 16.5. The van der Waals surface area contributed by atoms with Crippen LogP contribution in [0.1, 0.15) is 12.0 Å². The summed E-state index contributed by atoms with van der Waals surface area (Å²) in [6, 6.07) is 6.27. The van der Waals surface area contributed by atoms with Crippen molar-refractivity contribution in [1.82, 2.24) is 4.98 Å². The maximum absolute atomic E-state index is 6.16. The Morgan fingerprint density at radius 2 is 2.14 bits per heavy atom. The molecule has 4 heteroatoms. The van der Waals surface area contributed by atoms with Crippen molar-refractivity contribution < 1.29 is 4.74 Å². The fourth-order valence-electron chi connectivity index (χ4n) is 2.54. The molecule has 1 unspecified atom stereocenters. The van der Waals surface area contributed by atoms with Crippen LogP contribution in [0.5, 0.6) is 0 Å². The minimum absolute atomic E-state index is 0.213. The van der Waals surface area contributed by atoms with Crippen LogP contribution in [0.15, 0.2) is 48.4 Å². The third kappa shape index (κ3) is 2.57. The molecule has 1 aromatic carbocycles. The summed E-state index contributed by atoms with van der Waals surface area (Å²) in [5.74, 6) is 1.77. The minimum Gasteiger partial charge on any atom is -0.497 e. The topological polar surface area (TPSA) is 60.2 Å². The number of nitrogens with zero attached hydrogens (tertiary/aromatic N) is 1. The molecule has 0 aliphatic heterocycles. The molecule has 108 valence electrons. The van der Waals surface area contributed by atoms with Gasteiger partial charge in [0.15, 0.2) is 0 Å². The Balaban J connectivity index is 1.90. The van der Waals surface area contributed by atoms with Crippen molar-refractivity contribution in [3.8, 4) is 0 Å². The molecule has 0 spiro atoms. The summed E-state index contributed by atoms with van der Waals surface area (Å²) in [4.78, 5) is 4.46. The molecule has 1 aromatic heterocycles. The number of hydrogen-bond acceptors (Lipinski definition) is 4. The predicted molar refractivity (Wildman–Crippen MR) is 87.2 cm³/mol. The summed E-state index contributed by atoms with van der Waals surface area (Å²) in [5, 5.41) is 5.56. The second-order valence-corrected chi connectivity index (χ2v) is 5.21. The quantitative estimate of drug-likeness (QED) is 0.847. The van der Waals surface area contributed by atoms with Gasteiger partial charge < -0.3 is 15.8 Å². The first-order valence-electron chi connectivity index (χ1n) is 7.01.